The van der Waals surface area contributed by atoms with Gasteiger partial charge in [-0.3, -0.25) is 9.98 Å². The van der Waals surface area contributed by atoms with Gasteiger partial charge >= 0.3 is 0 Å². The summed E-state index contributed by atoms with van der Waals surface area (Å²) in [7, 11) is 3.44. The summed E-state index contributed by atoms with van der Waals surface area (Å²) >= 11 is 0. The van der Waals surface area contributed by atoms with E-state index in [0.29, 0.717) is 13.1 Å². The quantitative estimate of drug-likeness (QED) is 0.346. The molecule has 2 aromatic rings. The van der Waals surface area contributed by atoms with Gasteiger partial charge in [-0.15, -0.1) is 24.0 Å². The molecule has 7 heteroatoms. The Morgan fingerprint density at radius 1 is 1.11 bits per heavy atom. The second-order valence-electron chi connectivity index (χ2n) is 6.57. The lowest BCUT2D eigenvalue weighted by atomic mass is 10.1. The molecule has 1 aromatic carbocycles. The first-order valence-electron chi connectivity index (χ1n) is 9.47. The number of methoxy groups -OCH3 is 1. The highest BCUT2D eigenvalue weighted by atomic mass is 127. The number of hydrogen-bond acceptors (Lipinski definition) is 4. The Morgan fingerprint density at radius 3 is 2.57 bits per heavy atom. The zero-order chi connectivity index (χ0) is 18.9. The Hall–Kier alpha value is -2.03. The normalized spacial score (nSPS) is 14.3. The Kier molecular flexibility index (Phi) is 9.33. The zero-order valence-corrected chi connectivity index (χ0v) is 18.8. The molecule has 28 heavy (non-hydrogen) atoms. The topological polar surface area (TPSA) is 67.8 Å². The number of nitrogens with one attached hydrogen (secondary N) is 2. The van der Waals surface area contributed by atoms with Crippen LogP contribution in [0.4, 0.5) is 0 Å². The van der Waals surface area contributed by atoms with E-state index in [1.54, 1.807) is 20.4 Å². The smallest absolute Gasteiger partial charge is 0.191 e. The van der Waals surface area contributed by atoms with E-state index in [4.69, 9.17) is 9.47 Å². The fourth-order valence-electron chi connectivity index (χ4n) is 3.24. The molecule has 0 unspecified atom stereocenters. The van der Waals surface area contributed by atoms with E-state index in [0.717, 1.165) is 41.6 Å². The summed E-state index contributed by atoms with van der Waals surface area (Å²) in [5.41, 5.74) is 2.02. The molecule has 1 saturated carbocycles. The number of rotatable bonds is 7. The van der Waals surface area contributed by atoms with Crippen molar-refractivity contribution in [2.24, 2.45) is 4.99 Å². The average Bonchev–Trinajstić information content (AvgIpc) is 3.23. The van der Waals surface area contributed by atoms with Crippen LogP contribution in [0.2, 0.25) is 0 Å². The predicted octanol–water partition coefficient (Wildman–Crippen LogP) is 3.89. The van der Waals surface area contributed by atoms with Gasteiger partial charge in [-0.25, -0.2) is 0 Å². The van der Waals surface area contributed by atoms with Gasteiger partial charge in [0.15, 0.2) is 17.5 Å². The molecule has 0 bridgehead atoms. The third kappa shape index (κ3) is 6.25. The van der Waals surface area contributed by atoms with Crippen LogP contribution in [0.1, 0.15) is 36.9 Å². The van der Waals surface area contributed by atoms with Crippen LogP contribution in [0.3, 0.4) is 0 Å². The van der Waals surface area contributed by atoms with Gasteiger partial charge in [0, 0.05) is 25.4 Å². The molecular weight excluding hydrogens is 467 g/mol. The molecule has 1 fully saturated rings. The fraction of sp³-hybridized carbons (Fsp3) is 0.429. The summed E-state index contributed by atoms with van der Waals surface area (Å²) in [6.45, 7) is 1.21. The number of para-hydroxylation sites is 1. The number of nitrogens with zero attached hydrogens (tertiary/aromatic N) is 2. The summed E-state index contributed by atoms with van der Waals surface area (Å²) in [5, 5.41) is 6.63. The minimum atomic E-state index is 0. The fourth-order valence-corrected chi connectivity index (χ4v) is 3.24. The SMILES string of the molecule is CN=C(NCc1ccccn1)NCc1cccc(OC)c1OC1CCCC1.I. The predicted molar refractivity (Wildman–Crippen MR) is 123 cm³/mol. The van der Waals surface area contributed by atoms with E-state index >= 15 is 0 Å². The van der Waals surface area contributed by atoms with Crippen LogP contribution in [0, 0.1) is 0 Å². The highest BCUT2D eigenvalue weighted by Gasteiger charge is 2.20. The second-order valence-corrected chi connectivity index (χ2v) is 6.57. The molecule has 0 radical (unpaired) electrons. The lowest BCUT2D eigenvalue weighted by Crippen LogP contribution is -2.36. The molecule has 152 valence electrons. The van der Waals surface area contributed by atoms with Gasteiger partial charge in [-0.05, 0) is 43.9 Å². The first-order chi connectivity index (χ1) is 13.3. The van der Waals surface area contributed by atoms with Gasteiger partial charge in [0.05, 0.1) is 25.5 Å². The highest BCUT2D eigenvalue weighted by molar-refractivity contribution is 14.0. The van der Waals surface area contributed by atoms with E-state index < -0.39 is 0 Å². The summed E-state index contributed by atoms with van der Waals surface area (Å²) < 4.78 is 11.8. The third-order valence-corrected chi connectivity index (χ3v) is 4.70. The van der Waals surface area contributed by atoms with Crippen LogP contribution in [0.25, 0.3) is 0 Å². The number of ether oxygens (including phenoxy) is 2. The van der Waals surface area contributed by atoms with E-state index in [-0.39, 0.29) is 30.1 Å². The monoisotopic (exact) mass is 496 g/mol. The van der Waals surface area contributed by atoms with Crippen molar-refractivity contribution in [2.75, 3.05) is 14.2 Å². The molecular formula is C21H29IN4O2. The molecule has 1 aromatic heterocycles. The number of benzene rings is 1. The first kappa shape index (κ1) is 22.3. The zero-order valence-electron chi connectivity index (χ0n) is 16.5. The van der Waals surface area contributed by atoms with Gasteiger partial charge in [0.25, 0.3) is 0 Å². The summed E-state index contributed by atoms with van der Waals surface area (Å²) in [6, 6.07) is 11.9. The molecule has 1 heterocycles. The van der Waals surface area contributed by atoms with Crippen LogP contribution in [0.5, 0.6) is 11.5 Å². The number of aliphatic imine (C=N–C) groups is 1. The molecule has 1 aliphatic rings. The number of hydrogen-bond donors (Lipinski definition) is 2. The van der Waals surface area contributed by atoms with E-state index in [9.17, 15) is 0 Å². The van der Waals surface area contributed by atoms with Crippen LogP contribution in [-0.2, 0) is 13.1 Å². The van der Waals surface area contributed by atoms with Crippen LogP contribution in [-0.4, -0.2) is 31.2 Å². The van der Waals surface area contributed by atoms with Gasteiger partial charge in [-0.2, -0.15) is 0 Å². The van der Waals surface area contributed by atoms with Crippen molar-refractivity contribution in [1.82, 2.24) is 15.6 Å². The van der Waals surface area contributed by atoms with Crippen molar-refractivity contribution in [3.63, 3.8) is 0 Å². The van der Waals surface area contributed by atoms with E-state index in [1.807, 2.05) is 30.3 Å². The largest absolute Gasteiger partial charge is 0.493 e. The summed E-state index contributed by atoms with van der Waals surface area (Å²) in [5.74, 6) is 2.33. The Labute approximate surface area is 184 Å². The molecule has 2 N–H and O–H groups in total. The minimum Gasteiger partial charge on any atom is -0.493 e. The summed E-state index contributed by atoms with van der Waals surface area (Å²) in [6.07, 6.45) is 6.75. The van der Waals surface area contributed by atoms with Crippen molar-refractivity contribution in [3.05, 3.63) is 53.9 Å². The highest BCUT2D eigenvalue weighted by Crippen LogP contribution is 2.34. The van der Waals surface area contributed by atoms with E-state index in [2.05, 4.69) is 26.7 Å². The Balaban J connectivity index is 0.00000280. The Morgan fingerprint density at radius 2 is 1.89 bits per heavy atom. The molecule has 0 amide bonds. The first-order valence-corrected chi connectivity index (χ1v) is 9.47. The molecule has 6 nitrogen and oxygen atoms in total. The molecule has 0 spiro atoms. The van der Waals surface area contributed by atoms with Gasteiger partial charge in [0.1, 0.15) is 0 Å². The molecule has 1 aliphatic carbocycles. The summed E-state index contributed by atoms with van der Waals surface area (Å²) in [4.78, 5) is 8.60. The molecule has 0 aliphatic heterocycles. The standard InChI is InChI=1S/C21H28N4O2.HI/c1-22-21(25-15-17-9-5-6-13-23-17)24-14-16-8-7-12-19(26-2)20(16)27-18-10-3-4-11-18;/h5-9,12-13,18H,3-4,10-11,14-15H2,1-2H3,(H2,22,24,25);1H. The molecule has 0 saturated heterocycles. The molecule has 0 atom stereocenters. The van der Waals surface area contributed by atoms with Crippen molar-refractivity contribution < 1.29 is 9.47 Å². The van der Waals surface area contributed by atoms with Crippen molar-refractivity contribution in [3.8, 4) is 11.5 Å². The van der Waals surface area contributed by atoms with Gasteiger partial charge < -0.3 is 20.1 Å². The third-order valence-electron chi connectivity index (χ3n) is 4.70. The van der Waals surface area contributed by atoms with Crippen LogP contribution in [0.15, 0.2) is 47.6 Å². The lowest BCUT2D eigenvalue weighted by molar-refractivity contribution is 0.198. The lowest BCUT2D eigenvalue weighted by Gasteiger charge is -2.20. The maximum Gasteiger partial charge on any atom is 0.191 e. The average molecular weight is 496 g/mol. The van der Waals surface area contributed by atoms with Gasteiger partial charge in [0.2, 0.25) is 0 Å². The van der Waals surface area contributed by atoms with E-state index in [1.165, 1.54) is 12.8 Å². The second kappa shape index (κ2) is 11.7. The molecule has 3 rings (SSSR count). The van der Waals surface area contributed by atoms with Crippen LogP contribution < -0.4 is 20.1 Å². The van der Waals surface area contributed by atoms with Crippen molar-refractivity contribution in [2.45, 2.75) is 44.9 Å². The van der Waals surface area contributed by atoms with Crippen LogP contribution >= 0.6 is 24.0 Å². The number of aromatic nitrogens is 1. The number of pyridine rings is 1. The van der Waals surface area contributed by atoms with Gasteiger partial charge in [-0.1, -0.05) is 18.2 Å². The van der Waals surface area contributed by atoms with Crippen molar-refractivity contribution in [1.29, 1.82) is 0 Å². The maximum atomic E-state index is 6.29. The van der Waals surface area contributed by atoms with Crippen molar-refractivity contribution >= 4 is 29.9 Å². The maximum absolute atomic E-state index is 6.29. The number of guanidine groups is 1. The minimum absolute atomic E-state index is 0. The Bertz CT molecular complexity index is 749. The number of halogens is 1.